The van der Waals surface area contributed by atoms with Gasteiger partial charge >= 0.3 is 6.18 Å². The van der Waals surface area contributed by atoms with Gasteiger partial charge in [-0.3, -0.25) is 4.98 Å². The Kier molecular flexibility index (Phi) is 5.68. The van der Waals surface area contributed by atoms with E-state index in [0.717, 1.165) is 23.4 Å². The zero-order valence-corrected chi connectivity index (χ0v) is 14.3. The fraction of sp³-hybridized carbons (Fsp3) is 0.368. The number of aryl methyl sites for hydroxylation is 1. The Hall–Kier alpha value is -2.55. The van der Waals surface area contributed by atoms with Crippen LogP contribution in [0.25, 0.3) is 0 Å². The molecule has 0 radical (unpaired) electrons. The van der Waals surface area contributed by atoms with Crippen molar-refractivity contribution in [3.63, 3.8) is 0 Å². The van der Waals surface area contributed by atoms with Crippen molar-refractivity contribution >= 4 is 0 Å². The summed E-state index contributed by atoms with van der Waals surface area (Å²) in [7, 11) is 0. The van der Waals surface area contributed by atoms with Gasteiger partial charge in [0, 0.05) is 17.5 Å². The zero-order chi connectivity index (χ0) is 18.6. The molecule has 2 aromatic rings. The molecule has 0 amide bonds. The topological polar surface area (TPSA) is 45.9 Å². The molecule has 0 saturated heterocycles. The van der Waals surface area contributed by atoms with Gasteiger partial charge in [-0.1, -0.05) is 19.9 Å². The lowest BCUT2D eigenvalue weighted by Crippen LogP contribution is -2.13. The van der Waals surface area contributed by atoms with E-state index in [1.807, 2.05) is 32.9 Å². The Morgan fingerprint density at radius 3 is 2.44 bits per heavy atom. The first-order valence-corrected chi connectivity index (χ1v) is 7.91. The number of pyridine rings is 1. The molecule has 1 aromatic heterocycles. The maximum atomic E-state index is 13.1. The molecule has 0 saturated carbocycles. The molecule has 1 heterocycles. The van der Waals surface area contributed by atoms with E-state index in [4.69, 9.17) is 10.00 Å². The molecule has 0 aliphatic rings. The van der Waals surface area contributed by atoms with Gasteiger partial charge in [0.05, 0.1) is 17.2 Å². The number of hydrogen-bond acceptors (Lipinski definition) is 3. The van der Waals surface area contributed by atoms with Crippen LogP contribution in [0.15, 0.2) is 36.5 Å². The van der Waals surface area contributed by atoms with Crippen LogP contribution in [0.2, 0.25) is 0 Å². The first kappa shape index (κ1) is 18.8. The summed E-state index contributed by atoms with van der Waals surface area (Å²) < 4.78 is 45.2. The number of hydrogen-bond donors (Lipinski definition) is 0. The second-order valence-corrected chi connectivity index (χ2v) is 6.29. The third-order valence-electron chi connectivity index (χ3n) is 3.69. The molecule has 1 aromatic carbocycles. The van der Waals surface area contributed by atoms with E-state index in [-0.39, 0.29) is 11.7 Å². The van der Waals surface area contributed by atoms with E-state index in [1.165, 1.54) is 6.07 Å². The number of benzene rings is 1. The molecule has 1 atom stereocenters. The highest BCUT2D eigenvalue weighted by Crippen LogP contribution is 2.36. The molecule has 2 rings (SSSR count). The molecule has 132 valence electrons. The first-order valence-electron chi connectivity index (χ1n) is 7.91. The van der Waals surface area contributed by atoms with Crippen molar-refractivity contribution in [2.24, 2.45) is 5.92 Å². The van der Waals surface area contributed by atoms with Gasteiger partial charge in [-0.15, -0.1) is 0 Å². The summed E-state index contributed by atoms with van der Waals surface area (Å²) in [5, 5.41) is 8.88. The molecule has 0 fully saturated rings. The molecule has 1 unspecified atom stereocenters. The largest absolute Gasteiger partial charge is 0.486 e. The number of halogens is 3. The van der Waals surface area contributed by atoms with Crippen molar-refractivity contribution in [2.75, 3.05) is 0 Å². The third kappa shape index (κ3) is 4.96. The van der Waals surface area contributed by atoms with Crippen molar-refractivity contribution < 1.29 is 17.9 Å². The number of nitriles is 1. The number of alkyl halides is 3. The van der Waals surface area contributed by atoms with E-state index >= 15 is 0 Å². The maximum Gasteiger partial charge on any atom is 0.417 e. The fourth-order valence-corrected chi connectivity index (χ4v) is 2.44. The number of rotatable bonds is 5. The van der Waals surface area contributed by atoms with Gasteiger partial charge in [0.15, 0.2) is 0 Å². The summed E-state index contributed by atoms with van der Waals surface area (Å²) in [6.45, 7) is 5.88. The van der Waals surface area contributed by atoms with E-state index in [2.05, 4.69) is 4.98 Å². The van der Waals surface area contributed by atoms with Crippen LogP contribution < -0.4 is 4.74 Å². The molecule has 0 spiro atoms. The molecule has 0 bridgehead atoms. The second kappa shape index (κ2) is 7.56. The van der Waals surface area contributed by atoms with Crippen LogP contribution in [0.3, 0.4) is 0 Å². The normalized spacial score (nSPS) is 12.7. The molecular formula is C19H19F3N2O. The SMILES string of the molecule is Cc1ccc(C(CC(C)C)Oc2ccc(C#N)c(C(F)(F)F)c2)cn1. The standard InChI is InChI=1S/C19H19F3N2O/c1-12(2)8-18(15-5-4-13(3)24-11-15)25-16-7-6-14(10-23)17(9-16)19(20,21)22/h4-7,9,11-12,18H,8H2,1-3H3. The van der Waals surface area contributed by atoms with Gasteiger partial charge in [0.2, 0.25) is 0 Å². The van der Waals surface area contributed by atoms with Gasteiger partial charge in [0.1, 0.15) is 11.9 Å². The van der Waals surface area contributed by atoms with Crippen LogP contribution in [0.1, 0.15) is 48.8 Å². The average Bonchev–Trinajstić information content (AvgIpc) is 2.53. The summed E-state index contributed by atoms with van der Waals surface area (Å²) in [6.07, 6.45) is -2.71. The molecule has 3 nitrogen and oxygen atoms in total. The smallest absolute Gasteiger partial charge is 0.417 e. The molecular weight excluding hydrogens is 329 g/mol. The Labute approximate surface area is 145 Å². The van der Waals surface area contributed by atoms with E-state index < -0.39 is 23.4 Å². The summed E-state index contributed by atoms with van der Waals surface area (Å²) in [5.41, 5.74) is 0.247. The third-order valence-corrected chi connectivity index (χ3v) is 3.69. The first-order chi connectivity index (χ1) is 11.7. The lowest BCUT2D eigenvalue weighted by Gasteiger charge is -2.22. The second-order valence-electron chi connectivity index (χ2n) is 6.29. The van der Waals surface area contributed by atoms with Crippen molar-refractivity contribution in [1.29, 1.82) is 5.26 Å². The summed E-state index contributed by atoms with van der Waals surface area (Å²) in [6, 6.07) is 8.68. The highest BCUT2D eigenvalue weighted by Gasteiger charge is 2.34. The minimum atomic E-state index is -4.61. The highest BCUT2D eigenvalue weighted by molar-refractivity contribution is 5.44. The summed E-state index contributed by atoms with van der Waals surface area (Å²) in [5.74, 6) is 0.365. The average molecular weight is 348 g/mol. The summed E-state index contributed by atoms with van der Waals surface area (Å²) in [4.78, 5) is 4.23. The predicted octanol–water partition coefficient (Wildman–Crippen LogP) is 5.45. The van der Waals surface area contributed by atoms with Gasteiger partial charge < -0.3 is 4.74 Å². The van der Waals surface area contributed by atoms with Crippen molar-refractivity contribution in [1.82, 2.24) is 4.98 Å². The van der Waals surface area contributed by atoms with Gasteiger partial charge in [0.25, 0.3) is 0 Å². The zero-order valence-electron chi connectivity index (χ0n) is 14.3. The van der Waals surface area contributed by atoms with Crippen LogP contribution in [0.4, 0.5) is 13.2 Å². The number of aromatic nitrogens is 1. The molecule has 0 aliphatic carbocycles. The number of ether oxygens (including phenoxy) is 1. The van der Waals surface area contributed by atoms with Gasteiger partial charge in [-0.2, -0.15) is 18.4 Å². The monoisotopic (exact) mass is 348 g/mol. The van der Waals surface area contributed by atoms with Crippen LogP contribution in [-0.2, 0) is 6.18 Å². The minimum Gasteiger partial charge on any atom is -0.486 e. The van der Waals surface area contributed by atoms with Crippen LogP contribution in [0, 0.1) is 24.2 Å². The lowest BCUT2D eigenvalue weighted by molar-refractivity contribution is -0.137. The molecule has 0 N–H and O–H groups in total. The van der Waals surface area contributed by atoms with Crippen molar-refractivity contribution in [3.8, 4) is 11.8 Å². The number of nitrogens with zero attached hydrogens (tertiary/aromatic N) is 2. The van der Waals surface area contributed by atoms with Crippen LogP contribution in [-0.4, -0.2) is 4.98 Å². The quantitative estimate of drug-likeness (QED) is 0.722. The molecule has 0 aliphatic heterocycles. The van der Waals surface area contributed by atoms with E-state index in [0.29, 0.717) is 6.42 Å². The lowest BCUT2D eigenvalue weighted by atomic mass is 10.00. The highest BCUT2D eigenvalue weighted by atomic mass is 19.4. The Bertz CT molecular complexity index is 762. The van der Waals surface area contributed by atoms with Crippen molar-refractivity contribution in [2.45, 2.75) is 39.5 Å². The fourth-order valence-electron chi connectivity index (χ4n) is 2.44. The Morgan fingerprint density at radius 2 is 1.92 bits per heavy atom. The molecule has 25 heavy (non-hydrogen) atoms. The van der Waals surface area contributed by atoms with E-state index in [1.54, 1.807) is 12.3 Å². The van der Waals surface area contributed by atoms with Crippen LogP contribution in [0.5, 0.6) is 5.75 Å². The van der Waals surface area contributed by atoms with Crippen molar-refractivity contribution in [3.05, 3.63) is 58.9 Å². The minimum absolute atomic E-state index is 0.0811. The Morgan fingerprint density at radius 1 is 1.20 bits per heavy atom. The van der Waals surface area contributed by atoms with Gasteiger partial charge in [-0.25, -0.2) is 0 Å². The summed E-state index contributed by atoms with van der Waals surface area (Å²) >= 11 is 0. The maximum absolute atomic E-state index is 13.1. The van der Waals surface area contributed by atoms with E-state index in [9.17, 15) is 13.2 Å². The van der Waals surface area contributed by atoms with Gasteiger partial charge in [-0.05, 0) is 43.5 Å². The molecule has 6 heteroatoms. The predicted molar refractivity (Wildman–Crippen MR) is 88.0 cm³/mol. The Balaban J connectivity index is 2.36. The van der Waals surface area contributed by atoms with Crippen LogP contribution >= 0.6 is 0 Å².